The highest BCUT2D eigenvalue weighted by Crippen LogP contribution is 2.46. The number of fused-ring (bicyclic) bond motifs is 2. The zero-order valence-corrected chi connectivity index (χ0v) is 11.4. The Morgan fingerprint density at radius 3 is 2.83 bits per heavy atom. The summed E-state index contributed by atoms with van der Waals surface area (Å²) in [5.74, 6) is 2.89. The first-order chi connectivity index (χ1) is 8.78. The quantitative estimate of drug-likeness (QED) is 0.879. The number of benzene rings is 1. The molecular weight excluding hydrogens is 222 g/mol. The van der Waals surface area contributed by atoms with Crippen LogP contribution >= 0.6 is 0 Å². The molecule has 1 N–H and O–H groups in total. The van der Waals surface area contributed by atoms with Gasteiger partial charge < -0.3 is 10.1 Å². The molecule has 3 unspecified atom stereocenters. The van der Waals surface area contributed by atoms with Gasteiger partial charge in [0.25, 0.3) is 0 Å². The maximum Gasteiger partial charge on any atom is 0.127 e. The van der Waals surface area contributed by atoms with E-state index in [4.69, 9.17) is 4.74 Å². The Hall–Kier alpha value is -1.02. The van der Waals surface area contributed by atoms with Gasteiger partial charge in [-0.15, -0.1) is 0 Å². The third-order valence-corrected chi connectivity index (χ3v) is 4.60. The summed E-state index contributed by atoms with van der Waals surface area (Å²) in [7, 11) is 1.99. The average molecular weight is 245 g/mol. The SMILES string of the molecule is CNCc1cccc(C)c1OC1CC2CCC1C2. The van der Waals surface area contributed by atoms with Crippen molar-refractivity contribution in [1.82, 2.24) is 5.32 Å². The third-order valence-electron chi connectivity index (χ3n) is 4.60. The number of hydrogen-bond donors (Lipinski definition) is 1. The minimum Gasteiger partial charge on any atom is -0.490 e. The summed E-state index contributed by atoms with van der Waals surface area (Å²) in [4.78, 5) is 0. The maximum atomic E-state index is 6.38. The average Bonchev–Trinajstić information content (AvgIpc) is 2.96. The van der Waals surface area contributed by atoms with Gasteiger partial charge in [0.05, 0.1) is 0 Å². The van der Waals surface area contributed by atoms with Gasteiger partial charge >= 0.3 is 0 Å². The van der Waals surface area contributed by atoms with Gasteiger partial charge in [-0.2, -0.15) is 0 Å². The molecule has 2 nitrogen and oxygen atoms in total. The van der Waals surface area contributed by atoms with Gasteiger partial charge in [0, 0.05) is 12.1 Å². The van der Waals surface area contributed by atoms with Gasteiger partial charge in [-0.1, -0.05) is 18.2 Å². The van der Waals surface area contributed by atoms with Crippen LogP contribution in [0.4, 0.5) is 0 Å². The molecule has 0 aromatic heterocycles. The van der Waals surface area contributed by atoms with Crippen molar-refractivity contribution in [3.8, 4) is 5.75 Å². The van der Waals surface area contributed by atoms with Gasteiger partial charge in [0.2, 0.25) is 0 Å². The van der Waals surface area contributed by atoms with Crippen LogP contribution < -0.4 is 10.1 Å². The van der Waals surface area contributed by atoms with Crippen LogP contribution in [-0.4, -0.2) is 13.2 Å². The van der Waals surface area contributed by atoms with Gasteiger partial charge in [0.15, 0.2) is 0 Å². The molecule has 0 radical (unpaired) electrons. The molecule has 1 aromatic carbocycles. The monoisotopic (exact) mass is 245 g/mol. The fraction of sp³-hybridized carbons (Fsp3) is 0.625. The molecule has 2 saturated carbocycles. The predicted octanol–water partition coefficient (Wildman–Crippen LogP) is 3.28. The second-order valence-corrected chi connectivity index (χ2v) is 5.92. The van der Waals surface area contributed by atoms with E-state index in [9.17, 15) is 0 Å². The van der Waals surface area contributed by atoms with Crippen LogP contribution in [0.3, 0.4) is 0 Å². The van der Waals surface area contributed by atoms with Crippen LogP contribution in [0.25, 0.3) is 0 Å². The molecule has 0 aliphatic heterocycles. The first-order valence-corrected chi connectivity index (χ1v) is 7.17. The number of aryl methyl sites for hydroxylation is 1. The minimum absolute atomic E-state index is 0.473. The van der Waals surface area contributed by atoms with Crippen molar-refractivity contribution in [3.63, 3.8) is 0 Å². The van der Waals surface area contributed by atoms with E-state index in [1.165, 1.54) is 36.8 Å². The van der Waals surface area contributed by atoms with Crippen LogP contribution in [0.15, 0.2) is 18.2 Å². The fourth-order valence-corrected chi connectivity index (χ4v) is 3.69. The van der Waals surface area contributed by atoms with E-state index in [0.717, 1.165) is 24.1 Å². The van der Waals surface area contributed by atoms with E-state index in [1.807, 2.05) is 7.05 Å². The van der Waals surface area contributed by atoms with Crippen LogP contribution in [0.1, 0.15) is 36.8 Å². The molecular formula is C16H23NO. The first kappa shape index (κ1) is 12.0. The summed E-state index contributed by atoms with van der Waals surface area (Å²) < 4.78 is 6.38. The Labute approximate surface area is 110 Å². The van der Waals surface area contributed by atoms with Crippen molar-refractivity contribution in [2.24, 2.45) is 11.8 Å². The Morgan fingerprint density at radius 2 is 2.17 bits per heavy atom. The number of hydrogen-bond acceptors (Lipinski definition) is 2. The van der Waals surface area contributed by atoms with Gasteiger partial charge in [-0.05, 0) is 57.1 Å². The summed E-state index contributed by atoms with van der Waals surface area (Å²) in [6.45, 7) is 3.04. The zero-order valence-electron chi connectivity index (χ0n) is 11.4. The molecule has 0 amide bonds. The van der Waals surface area contributed by atoms with E-state index in [2.05, 4.69) is 30.4 Å². The van der Waals surface area contributed by atoms with Crippen LogP contribution in [0.5, 0.6) is 5.75 Å². The zero-order chi connectivity index (χ0) is 12.5. The topological polar surface area (TPSA) is 21.3 Å². The highest BCUT2D eigenvalue weighted by Gasteiger charge is 2.41. The van der Waals surface area contributed by atoms with Gasteiger partial charge in [-0.25, -0.2) is 0 Å². The normalized spacial score (nSPS) is 29.8. The molecule has 2 bridgehead atoms. The van der Waals surface area contributed by atoms with Crippen molar-refractivity contribution >= 4 is 0 Å². The van der Waals surface area contributed by atoms with Gasteiger partial charge in [0.1, 0.15) is 11.9 Å². The lowest BCUT2D eigenvalue weighted by Gasteiger charge is -2.25. The van der Waals surface area contributed by atoms with E-state index >= 15 is 0 Å². The second kappa shape index (κ2) is 4.93. The Kier molecular flexibility index (Phi) is 3.29. The lowest BCUT2D eigenvalue weighted by atomic mass is 9.97. The Bertz CT molecular complexity index is 429. The lowest BCUT2D eigenvalue weighted by molar-refractivity contribution is 0.136. The molecule has 2 fully saturated rings. The summed E-state index contributed by atoms with van der Waals surface area (Å²) in [5.41, 5.74) is 2.56. The molecule has 1 aromatic rings. The van der Waals surface area contributed by atoms with Crippen LogP contribution in [0, 0.1) is 18.8 Å². The molecule has 0 heterocycles. The third kappa shape index (κ3) is 2.14. The molecule has 18 heavy (non-hydrogen) atoms. The second-order valence-electron chi connectivity index (χ2n) is 5.92. The first-order valence-electron chi connectivity index (χ1n) is 7.17. The summed E-state index contributed by atoms with van der Waals surface area (Å²) in [6, 6.07) is 6.45. The van der Waals surface area contributed by atoms with Crippen molar-refractivity contribution in [3.05, 3.63) is 29.3 Å². The van der Waals surface area contributed by atoms with E-state index in [-0.39, 0.29) is 0 Å². The van der Waals surface area contributed by atoms with Crippen molar-refractivity contribution in [2.75, 3.05) is 7.05 Å². The Morgan fingerprint density at radius 1 is 1.28 bits per heavy atom. The van der Waals surface area contributed by atoms with Crippen molar-refractivity contribution in [1.29, 1.82) is 0 Å². The molecule has 0 saturated heterocycles. The summed E-state index contributed by atoms with van der Waals surface area (Å²) in [6.07, 6.45) is 5.96. The molecule has 98 valence electrons. The van der Waals surface area contributed by atoms with Crippen molar-refractivity contribution < 1.29 is 4.74 Å². The van der Waals surface area contributed by atoms with E-state index in [1.54, 1.807) is 0 Å². The summed E-state index contributed by atoms with van der Waals surface area (Å²) in [5, 5.41) is 3.23. The molecule has 2 heteroatoms. The van der Waals surface area contributed by atoms with Gasteiger partial charge in [-0.3, -0.25) is 0 Å². The number of rotatable bonds is 4. The fourth-order valence-electron chi connectivity index (χ4n) is 3.69. The lowest BCUT2D eigenvalue weighted by Crippen LogP contribution is -2.24. The van der Waals surface area contributed by atoms with E-state index < -0.39 is 0 Å². The Balaban J connectivity index is 1.79. The van der Waals surface area contributed by atoms with Crippen LogP contribution in [-0.2, 0) is 6.54 Å². The molecule has 0 spiro atoms. The molecule has 3 atom stereocenters. The predicted molar refractivity (Wildman–Crippen MR) is 73.8 cm³/mol. The summed E-state index contributed by atoms with van der Waals surface area (Å²) >= 11 is 0. The molecule has 2 aliphatic carbocycles. The smallest absolute Gasteiger partial charge is 0.127 e. The minimum atomic E-state index is 0.473. The highest BCUT2D eigenvalue weighted by molar-refractivity contribution is 5.41. The molecule has 3 rings (SSSR count). The number of nitrogens with one attached hydrogen (secondary N) is 1. The standard InChI is InChI=1S/C16H23NO/c1-11-4-3-5-14(10-17-2)16(11)18-15-9-12-6-7-13(15)8-12/h3-5,12-13,15,17H,6-10H2,1-2H3. The van der Waals surface area contributed by atoms with Crippen molar-refractivity contribution in [2.45, 2.75) is 45.3 Å². The highest BCUT2D eigenvalue weighted by atomic mass is 16.5. The largest absolute Gasteiger partial charge is 0.490 e. The maximum absolute atomic E-state index is 6.38. The van der Waals surface area contributed by atoms with E-state index in [0.29, 0.717) is 6.10 Å². The number of para-hydroxylation sites is 1. The number of ether oxygens (including phenoxy) is 1. The molecule has 2 aliphatic rings. The van der Waals surface area contributed by atoms with Crippen LogP contribution in [0.2, 0.25) is 0 Å².